The smallest absolute Gasteiger partial charge is 0.223 e. The number of fused-ring (bicyclic) bond motifs is 1. The lowest BCUT2D eigenvalue weighted by molar-refractivity contribution is -0.124. The van der Waals surface area contributed by atoms with Crippen LogP contribution in [0.3, 0.4) is 0 Å². The maximum absolute atomic E-state index is 11.5. The van der Waals surface area contributed by atoms with Gasteiger partial charge in [-0.25, -0.2) is 4.98 Å². The number of halogens is 1. The Kier molecular flexibility index (Phi) is 4.77. The van der Waals surface area contributed by atoms with E-state index in [0.29, 0.717) is 6.54 Å². The van der Waals surface area contributed by atoms with Crippen LogP contribution in [0.4, 0.5) is 0 Å². The minimum Gasteiger partial charge on any atom is -0.359 e. The molecule has 2 aromatic rings. The Bertz CT molecular complexity index is 610. The summed E-state index contributed by atoms with van der Waals surface area (Å²) in [5, 5.41) is 2.68. The molecule has 2 aromatic heterocycles. The fourth-order valence-corrected chi connectivity index (χ4v) is 2.60. The van der Waals surface area contributed by atoms with Gasteiger partial charge in [-0.3, -0.25) is 9.69 Å². The Morgan fingerprint density at radius 1 is 1.55 bits per heavy atom. The van der Waals surface area contributed by atoms with Crippen molar-refractivity contribution in [1.82, 2.24) is 19.6 Å². The lowest BCUT2D eigenvalue weighted by Crippen LogP contribution is -2.34. The molecule has 0 saturated heterocycles. The van der Waals surface area contributed by atoms with Crippen molar-refractivity contribution in [2.45, 2.75) is 13.5 Å². The lowest BCUT2D eigenvalue weighted by Gasteiger charge is -2.20. The van der Waals surface area contributed by atoms with E-state index in [4.69, 9.17) is 0 Å². The maximum Gasteiger partial charge on any atom is 0.223 e. The summed E-state index contributed by atoms with van der Waals surface area (Å²) in [6.07, 6.45) is 3.89. The average molecular weight is 339 g/mol. The topological polar surface area (TPSA) is 49.6 Å². The number of carbonyl (C=O) groups is 1. The molecular weight excluding hydrogens is 320 g/mol. The van der Waals surface area contributed by atoms with Gasteiger partial charge >= 0.3 is 0 Å². The van der Waals surface area contributed by atoms with Gasteiger partial charge in [-0.1, -0.05) is 6.92 Å². The van der Waals surface area contributed by atoms with E-state index in [-0.39, 0.29) is 11.8 Å². The molecule has 1 unspecified atom stereocenters. The van der Waals surface area contributed by atoms with Crippen molar-refractivity contribution in [3.63, 3.8) is 0 Å². The number of imidazole rings is 1. The molecule has 0 aliphatic carbocycles. The Labute approximate surface area is 127 Å². The standard InChI is InChI=1S/C14H19BrN4O/c1-10(14(20)16-2)7-18(3)9-12-6-17-13-5-4-11(15)8-19(12)13/h4-6,8,10H,7,9H2,1-3H3,(H,16,20). The van der Waals surface area contributed by atoms with Crippen molar-refractivity contribution in [2.75, 3.05) is 20.6 Å². The van der Waals surface area contributed by atoms with Crippen LogP contribution >= 0.6 is 15.9 Å². The van der Waals surface area contributed by atoms with E-state index in [1.165, 1.54) is 0 Å². The zero-order valence-corrected chi connectivity index (χ0v) is 13.5. The molecule has 0 aliphatic heterocycles. The first-order valence-electron chi connectivity index (χ1n) is 6.53. The molecule has 2 heterocycles. The summed E-state index contributed by atoms with van der Waals surface area (Å²) in [6, 6.07) is 3.95. The molecule has 0 aliphatic rings. The quantitative estimate of drug-likeness (QED) is 0.905. The SMILES string of the molecule is CNC(=O)C(C)CN(C)Cc1cnc2ccc(Br)cn12. The van der Waals surface area contributed by atoms with Gasteiger partial charge in [-0.05, 0) is 35.1 Å². The second-order valence-corrected chi connectivity index (χ2v) is 5.95. The molecular formula is C14H19BrN4O. The normalized spacial score (nSPS) is 12.8. The highest BCUT2D eigenvalue weighted by Gasteiger charge is 2.14. The third-order valence-electron chi connectivity index (χ3n) is 3.26. The number of hydrogen-bond acceptors (Lipinski definition) is 3. The van der Waals surface area contributed by atoms with Crippen molar-refractivity contribution in [3.8, 4) is 0 Å². The van der Waals surface area contributed by atoms with Crippen LogP contribution in [0.1, 0.15) is 12.6 Å². The van der Waals surface area contributed by atoms with Gasteiger partial charge in [-0.15, -0.1) is 0 Å². The maximum atomic E-state index is 11.5. The Morgan fingerprint density at radius 3 is 3.00 bits per heavy atom. The van der Waals surface area contributed by atoms with Crippen molar-refractivity contribution in [1.29, 1.82) is 0 Å². The van der Waals surface area contributed by atoms with Gasteiger partial charge in [0.2, 0.25) is 5.91 Å². The first kappa shape index (κ1) is 15.0. The molecule has 0 aromatic carbocycles. The van der Waals surface area contributed by atoms with Crippen molar-refractivity contribution >= 4 is 27.5 Å². The summed E-state index contributed by atoms with van der Waals surface area (Å²) in [6.45, 7) is 3.39. The zero-order chi connectivity index (χ0) is 14.7. The zero-order valence-electron chi connectivity index (χ0n) is 11.9. The van der Waals surface area contributed by atoms with Gasteiger partial charge in [0, 0.05) is 36.7 Å². The van der Waals surface area contributed by atoms with E-state index in [1.807, 2.05) is 38.5 Å². The van der Waals surface area contributed by atoms with Gasteiger partial charge < -0.3 is 9.72 Å². The highest BCUT2D eigenvalue weighted by atomic mass is 79.9. The van der Waals surface area contributed by atoms with Crippen LogP contribution in [0.25, 0.3) is 5.65 Å². The van der Waals surface area contributed by atoms with Crippen molar-refractivity contribution in [2.24, 2.45) is 5.92 Å². The molecule has 0 fully saturated rings. The van der Waals surface area contributed by atoms with E-state index >= 15 is 0 Å². The van der Waals surface area contributed by atoms with E-state index < -0.39 is 0 Å². The minimum atomic E-state index is -0.0316. The number of rotatable bonds is 5. The fourth-order valence-electron chi connectivity index (χ4n) is 2.26. The summed E-state index contributed by atoms with van der Waals surface area (Å²) >= 11 is 3.47. The van der Waals surface area contributed by atoms with Crippen LogP contribution in [-0.4, -0.2) is 40.8 Å². The van der Waals surface area contributed by atoms with Crippen molar-refractivity contribution < 1.29 is 4.79 Å². The highest BCUT2D eigenvalue weighted by molar-refractivity contribution is 9.10. The van der Waals surface area contributed by atoms with Gasteiger partial charge in [0.05, 0.1) is 11.9 Å². The van der Waals surface area contributed by atoms with Gasteiger partial charge in [0.25, 0.3) is 0 Å². The molecule has 1 N–H and O–H groups in total. The Morgan fingerprint density at radius 2 is 2.30 bits per heavy atom. The molecule has 20 heavy (non-hydrogen) atoms. The van der Waals surface area contributed by atoms with Crippen LogP contribution in [0.5, 0.6) is 0 Å². The summed E-state index contributed by atoms with van der Waals surface area (Å²) in [4.78, 5) is 18.1. The van der Waals surface area contributed by atoms with Crippen molar-refractivity contribution in [3.05, 3.63) is 34.7 Å². The summed E-state index contributed by atoms with van der Waals surface area (Å²) < 4.78 is 3.08. The van der Waals surface area contributed by atoms with E-state index in [0.717, 1.165) is 22.4 Å². The number of carbonyl (C=O) groups excluding carboxylic acids is 1. The first-order chi connectivity index (χ1) is 9.51. The summed E-state index contributed by atoms with van der Waals surface area (Å²) in [5.41, 5.74) is 2.03. The van der Waals surface area contributed by atoms with Gasteiger partial charge in [0.1, 0.15) is 5.65 Å². The second kappa shape index (κ2) is 6.37. The monoisotopic (exact) mass is 338 g/mol. The first-order valence-corrected chi connectivity index (χ1v) is 7.32. The number of nitrogens with one attached hydrogen (secondary N) is 1. The van der Waals surface area contributed by atoms with E-state index in [9.17, 15) is 4.79 Å². The molecule has 0 spiro atoms. The van der Waals surface area contributed by atoms with E-state index in [2.05, 4.69) is 35.5 Å². The molecule has 2 rings (SSSR count). The average Bonchev–Trinajstić information content (AvgIpc) is 2.80. The third kappa shape index (κ3) is 3.37. The largest absolute Gasteiger partial charge is 0.359 e. The van der Waals surface area contributed by atoms with Crippen LogP contribution in [0.2, 0.25) is 0 Å². The van der Waals surface area contributed by atoms with Crippen LogP contribution in [-0.2, 0) is 11.3 Å². The minimum absolute atomic E-state index is 0.0316. The third-order valence-corrected chi connectivity index (χ3v) is 3.73. The van der Waals surface area contributed by atoms with Crippen LogP contribution in [0.15, 0.2) is 29.0 Å². The molecule has 108 valence electrons. The fraction of sp³-hybridized carbons (Fsp3) is 0.429. The van der Waals surface area contributed by atoms with Gasteiger partial charge in [0.15, 0.2) is 0 Å². The lowest BCUT2D eigenvalue weighted by atomic mass is 10.1. The second-order valence-electron chi connectivity index (χ2n) is 5.04. The molecule has 1 atom stereocenters. The molecule has 0 saturated carbocycles. The summed E-state index contributed by atoms with van der Waals surface area (Å²) in [7, 11) is 3.68. The number of amides is 1. The highest BCUT2D eigenvalue weighted by Crippen LogP contribution is 2.15. The molecule has 0 radical (unpaired) electrons. The number of nitrogens with zero attached hydrogens (tertiary/aromatic N) is 3. The molecule has 5 nitrogen and oxygen atoms in total. The van der Waals surface area contributed by atoms with Crippen LogP contribution in [0, 0.1) is 5.92 Å². The van der Waals surface area contributed by atoms with Crippen LogP contribution < -0.4 is 5.32 Å². The Balaban J connectivity index is 2.08. The summed E-state index contributed by atoms with van der Waals surface area (Å²) in [5.74, 6) is 0.0358. The number of aromatic nitrogens is 2. The number of pyridine rings is 1. The Hall–Kier alpha value is -1.40. The molecule has 6 heteroatoms. The predicted molar refractivity (Wildman–Crippen MR) is 82.5 cm³/mol. The molecule has 1 amide bonds. The molecule has 0 bridgehead atoms. The van der Waals surface area contributed by atoms with Gasteiger partial charge in [-0.2, -0.15) is 0 Å². The predicted octanol–water partition coefficient (Wildman–Crippen LogP) is 1.91. The number of hydrogen-bond donors (Lipinski definition) is 1. The van der Waals surface area contributed by atoms with E-state index in [1.54, 1.807) is 7.05 Å².